The Morgan fingerprint density at radius 1 is 1.20 bits per heavy atom. The van der Waals surface area contributed by atoms with Crippen LogP contribution in [0.25, 0.3) is 21.9 Å². The molecule has 3 aromatic rings. The number of rotatable bonds is 1. The average Bonchev–Trinajstić information content (AvgIpc) is 2.73. The summed E-state index contributed by atoms with van der Waals surface area (Å²) in [6, 6.07) is 14.0. The van der Waals surface area contributed by atoms with Crippen molar-refractivity contribution in [2.75, 3.05) is 6.54 Å². The minimum atomic E-state index is -1.40. The van der Waals surface area contributed by atoms with E-state index in [1.807, 2.05) is 25.3 Å². The second kappa shape index (κ2) is 6.97. The maximum absolute atomic E-state index is 14.5. The lowest BCUT2D eigenvalue weighted by Crippen LogP contribution is -2.55. The van der Waals surface area contributed by atoms with E-state index in [9.17, 15) is 9.18 Å². The van der Waals surface area contributed by atoms with Gasteiger partial charge in [0, 0.05) is 36.7 Å². The molecule has 0 aliphatic carbocycles. The molecule has 1 fully saturated rings. The third kappa shape index (κ3) is 3.16. The number of hydrogen-bond acceptors (Lipinski definition) is 3. The molecule has 3 heterocycles. The van der Waals surface area contributed by atoms with Crippen LogP contribution in [0.15, 0.2) is 48.7 Å². The highest BCUT2D eigenvalue weighted by molar-refractivity contribution is 5.88. The summed E-state index contributed by atoms with van der Waals surface area (Å²) in [6.07, 6.45) is 2.75. The molecule has 1 saturated heterocycles. The van der Waals surface area contributed by atoms with Gasteiger partial charge in [0.2, 0.25) is 0 Å². The Hall–Kier alpha value is -3.15. The molecule has 6 heteroatoms. The SMILES string of the molecule is Cc1nccc2cc(-c3ccc4c(c3)CCC3(CCN(C(N)=O)C(F)C3)O4)ccc12. The standard InChI is InChI=1S/C24H24FN3O2/c1-15-20-4-2-16(12-18(20)7-10-27-15)17-3-5-21-19(13-17)6-8-24(30-21)9-11-28(23(26)29)22(25)14-24/h2-5,7,10,12-13,22H,6,8-9,11,14H2,1H3,(H2,26,29). The van der Waals surface area contributed by atoms with Crippen molar-refractivity contribution in [1.82, 2.24) is 9.88 Å². The third-order valence-electron chi connectivity index (χ3n) is 6.50. The Morgan fingerprint density at radius 2 is 2.00 bits per heavy atom. The lowest BCUT2D eigenvalue weighted by Gasteiger charge is -2.45. The van der Waals surface area contributed by atoms with Crippen molar-refractivity contribution in [3.8, 4) is 16.9 Å². The van der Waals surface area contributed by atoms with Gasteiger partial charge < -0.3 is 10.5 Å². The fourth-order valence-electron chi connectivity index (χ4n) is 4.76. The molecule has 5 nitrogen and oxygen atoms in total. The van der Waals surface area contributed by atoms with E-state index >= 15 is 0 Å². The predicted molar refractivity (Wildman–Crippen MR) is 114 cm³/mol. The first kappa shape index (κ1) is 18.9. The number of nitrogens with zero attached hydrogens (tertiary/aromatic N) is 2. The first-order chi connectivity index (χ1) is 14.4. The van der Waals surface area contributed by atoms with Gasteiger partial charge in [-0.25, -0.2) is 9.18 Å². The highest BCUT2D eigenvalue weighted by atomic mass is 19.1. The fourth-order valence-corrected chi connectivity index (χ4v) is 4.76. The number of primary amides is 1. The molecule has 5 rings (SSSR count). The number of carbonyl (C=O) groups is 1. The normalized spacial score (nSPS) is 23.3. The third-order valence-corrected chi connectivity index (χ3v) is 6.50. The van der Waals surface area contributed by atoms with Crippen molar-refractivity contribution in [1.29, 1.82) is 0 Å². The first-order valence-electron chi connectivity index (χ1n) is 10.3. The number of pyridine rings is 1. The number of hydrogen-bond donors (Lipinski definition) is 1. The maximum atomic E-state index is 14.5. The zero-order chi connectivity index (χ0) is 20.9. The summed E-state index contributed by atoms with van der Waals surface area (Å²) in [7, 11) is 0. The van der Waals surface area contributed by atoms with Crippen LogP contribution in [0, 0.1) is 6.92 Å². The molecule has 2 amide bonds. The second-order valence-corrected chi connectivity index (χ2v) is 8.36. The number of likely N-dealkylation sites (tertiary alicyclic amines) is 1. The topological polar surface area (TPSA) is 68.5 Å². The van der Waals surface area contributed by atoms with Crippen molar-refractivity contribution in [3.63, 3.8) is 0 Å². The fraction of sp³-hybridized carbons (Fsp3) is 0.333. The van der Waals surface area contributed by atoms with Crippen molar-refractivity contribution in [3.05, 3.63) is 59.9 Å². The van der Waals surface area contributed by atoms with Crippen LogP contribution in [0.1, 0.15) is 30.5 Å². The lowest BCUT2D eigenvalue weighted by atomic mass is 9.82. The highest BCUT2D eigenvalue weighted by Crippen LogP contribution is 2.42. The Kier molecular flexibility index (Phi) is 4.38. The van der Waals surface area contributed by atoms with Crippen LogP contribution in [0.3, 0.4) is 0 Å². The highest BCUT2D eigenvalue weighted by Gasteiger charge is 2.45. The van der Waals surface area contributed by atoms with E-state index in [2.05, 4.69) is 35.3 Å². The molecule has 154 valence electrons. The molecule has 2 N–H and O–H groups in total. The van der Waals surface area contributed by atoms with E-state index in [4.69, 9.17) is 10.5 Å². The molecule has 2 unspecified atom stereocenters. The van der Waals surface area contributed by atoms with E-state index in [0.717, 1.165) is 51.3 Å². The van der Waals surface area contributed by atoms with Gasteiger partial charge in [0.25, 0.3) is 0 Å². The monoisotopic (exact) mass is 405 g/mol. The van der Waals surface area contributed by atoms with E-state index in [-0.39, 0.29) is 13.0 Å². The number of nitrogens with two attached hydrogens (primary N) is 1. The number of benzene rings is 2. The summed E-state index contributed by atoms with van der Waals surface area (Å²) >= 11 is 0. The average molecular weight is 405 g/mol. The number of aryl methyl sites for hydroxylation is 2. The molecule has 30 heavy (non-hydrogen) atoms. The summed E-state index contributed by atoms with van der Waals surface area (Å²) in [6.45, 7) is 2.30. The number of amides is 2. The van der Waals surface area contributed by atoms with E-state index in [1.54, 1.807) is 0 Å². The quantitative estimate of drug-likeness (QED) is 0.595. The van der Waals surface area contributed by atoms with Gasteiger partial charge in [0.15, 0.2) is 6.30 Å². The number of carbonyl (C=O) groups excluding carboxylic acids is 1. The molecule has 2 aliphatic rings. The summed E-state index contributed by atoms with van der Waals surface area (Å²) in [4.78, 5) is 16.8. The number of halogens is 1. The van der Waals surface area contributed by atoms with Gasteiger partial charge in [0.1, 0.15) is 11.4 Å². The molecule has 2 aliphatic heterocycles. The Labute approximate surface area is 174 Å². The number of aromatic nitrogens is 1. The van der Waals surface area contributed by atoms with Gasteiger partial charge >= 0.3 is 6.03 Å². The van der Waals surface area contributed by atoms with Crippen molar-refractivity contribution in [2.24, 2.45) is 5.73 Å². The van der Waals surface area contributed by atoms with Crippen molar-refractivity contribution >= 4 is 16.8 Å². The molecule has 1 aromatic heterocycles. The van der Waals surface area contributed by atoms with Crippen LogP contribution >= 0.6 is 0 Å². The number of urea groups is 1. The zero-order valence-corrected chi connectivity index (χ0v) is 16.9. The Bertz CT molecular complexity index is 1150. The van der Waals surface area contributed by atoms with Crippen molar-refractivity contribution < 1.29 is 13.9 Å². The van der Waals surface area contributed by atoms with Crippen LogP contribution in [0.5, 0.6) is 5.75 Å². The maximum Gasteiger partial charge on any atom is 0.317 e. The minimum absolute atomic E-state index is 0.162. The van der Waals surface area contributed by atoms with Gasteiger partial charge in [0.05, 0.1) is 0 Å². The number of piperidine rings is 1. The number of fused-ring (bicyclic) bond motifs is 2. The number of ether oxygens (including phenoxy) is 1. The van der Waals surface area contributed by atoms with E-state index < -0.39 is 17.9 Å². The molecular formula is C24H24FN3O2. The smallest absolute Gasteiger partial charge is 0.317 e. The van der Waals surface area contributed by atoms with Gasteiger partial charge in [-0.05, 0) is 66.1 Å². The number of alkyl halides is 1. The minimum Gasteiger partial charge on any atom is -0.487 e. The van der Waals surface area contributed by atoms with Crippen LogP contribution in [0.2, 0.25) is 0 Å². The van der Waals surface area contributed by atoms with E-state index in [1.165, 1.54) is 5.39 Å². The molecule has 0 radical (unpaired) electrons. The van der Waals surface area contributed by atoms with Crippen LogP contribution < -0.4 is 10.5 Å². The largest absolute Gasteiger partial charge is 0.487 e. The van der Waals surface area contributed by atoms with Gasteiger partial charge in [-0.1, -0.05) is 18.2 Å². The van der Waals surface area contributed by atoms with Crippen LogP contribution in [-0.2, 0) is 6.42 Å². The van der Waals surface area contributed by atoms with Crippen LogP contribution in [-0.4, -0.2) is 34.4 Å². The molecule has 1 spiro atoms. The molecular weight excluding hydrogens is 381 g/mol. The van der Waals surface area contributed by atoms with Gasteiger partial charge in [-0.3, -0.25) is 9.88 Å². The van der Waals surface area contributed by atoms with Gasteiger partial charge in [-0.15, -0.1) is 0 Å². The predicted octanol–water partition coefficient (Wildman–Crippen LogP) is 4.74. The molecule has 0 saturated carbocycles. The Morgan fingerprint density at radius 3 is 2.80 bits per heavy atom. The van der Waals surface area contributed by atoms with Crippen molar-refractivity contribution in [2.45, 2.75) is 44.5 Å². The second-order valence-electron chi connectivity index (χ2n) is 8.36. The summed E-state index contributed by atoms with van der Waals surface area (Å²) in [5, 5.41) is 2.33. The zero-order valence-electron chi connectivity index (χ0n) is 16.9. The summed E-state index contributed by atoms with van der Waals surface area (Å²) in [5.41, 5.74) is 9.15. The summed E-state index contributed by atoms with van der Waals surface area (Å²) in [5.74, 6) is 0.811. The van der Waals surface area contributed by atoms with Gasteiger partial charge in [-0.2, -0.15) is 0 Å². The Balaban J connectivity index is 1.41. The lowest BCUT2D eigenvalue weighted by molar-refractivity contribution is -0.0603. The molecule has 2 aromatic carbocycles. The summed E-state index contributed by atoms with van der Waals surface area (Å²) < 4.78 is 20.8. The first-order valence-corrected chi connectivity index (χ1v) is 10.3. The van der Waals surface area contributed by atoms with Crippen LogP contribution in [0.4, 0.5) is 9.18 Å². The molecule has 0 bridgehead atoms. The van der Waals surface area contributed by atoms with E-state index in [0.29, 0.717) is 6.42 Å². The molecule has 2 atom stereocenters.